The summed E-state index contributed by atoms with van der Waals surface area (Å²) in [5.74, 6) is 1.84. The van der Waals surface area contributed by atoms with Crippen LogP contribution in [0.3, 0.4) is 0 Å². The summed E-state index contributed by atoms with van der Waals surface area (Å²) in [6.45, 7) is 3.06. The van der Waals surface area contributed by atoms with Gasteiger partial charge in [0.1, 0.15) is 0 Å². The summed E-state index contributed by atoms with van der Waals surface area (Å²) in [5, 5.41) is 3.04. The Morgan fingerprint density at radius 3 is 2.77 bits per heavy atom. The Morgan fingerprint density at radius 1 is 1.27 bits per heavy atom. The Balaban J connectivity index is 1.73. The van der Waals surface area contributed by atoms with Gasteiger partial charge in [-0.3, -0.25) is 4.79 Å². The molecule has 0 aromatic heterocycles. The van der Waals surface area contributed by atoms with Gasteiger partial charge in [-0.15, -0.1) is 0 Å². The highest BCUT2D eigenvalue weighted by Crippen LogP contribution is 2.47. The number of carbonyl (C=O) groups is 1. The van der Waals surface area contributed by atoms with Crippen molar-refractivity contribution >= 4 is 11.6 Å². The zero-order chi connectivity index (χ0) is 18.3. The van der Waals surface area contributed by atoms with Crippen LogP contribution >= 0.6 is 0 Å². The molecule has 2 aliphatic rings. The summed E-state index contributed by atoms with van der Waals surface area (Å²) in [6.07, 6.45) is 0.864. The first kappa shape index (κ1) is 16.7. The zero-order valence-electron chi connectivity index (χ0n) is 15.2. The number of ether oxygens (including phenoxy) is 3. The molecule has 6 heteroatoms. The summed E-state index contributed by atoms with van der Waals surface area (Å²) < 4.78 is 16.8. The summed E-state index contributed by atoms with van der Waals surface area (Å²) in [4.78, 5) is 14.3. The molecule has 2 N–H and O–H groups in total. The van der Waals surface area contributed by atoms with Crippen LogP contribution in [0.1, 0.15) is 22.7 Å². The maximum atomic E-state index is 13.1. The lowest BCUT2D eigenvalue weighted by Gasteiger charge is -2.32. The van der Waals surface area contributed by atoms with E-state index in [-0.39, 0.29) is 18.7 Å². The molecule has 0 bridgehead atoms. The lowest BCUT2D eigenvalue weighted by molar-refractivity contribution is -0.904. The molecule has 0 saturated carbocycles. The van der Waals surface area contributed by atoms with Gasteiger partial charge in [0.25, 0.3) is 5.91 Å². The molecular weight excluding hydrogens is 332 g/mol. The first-order chi connectivity index (χ1) is 12.6. The zero-order valence-corrected chi connectivity index (χ0v) is 15.2. The van der Waals surface area contributed by atoms with Gasteiger partial charge in [-0.05, 0) is 30.7 Å². The molecule has 6 nitrogen and oxygen atoms in total. The van der Waals surface area contributed by atoms with Crippen molar-refractivity contribution in [1.29, 1.82) is 0 Å². The van der Waals surface area contributed by atoms with E-state index in [1.807, 2.05) is 44.3 Å². The number of hydrogen-bond acceptors (Lipinski definition) is 4. The van der Waals surface area contributed by atoms with Gasteiger partial charge in [0.2, 0.25) is 12.5 Å². The Labute approximate surface area is 152 Å². The number of nitrogens with one attached hydrogen (secondary N) is 2. The second-order valence-corrected chi connectivity index (χ2v) is 6.85. The van der Waals surface area contributed by atoms with Gasteiger partial charge in [0.05, 0.1) is 26.3 Å². The molecule has 2 atom stereocenters. The third-order valence-electron chi connectivity index (χ3n) is 5.10. The first-order valence-corrected chi connectivity index (χ1v) is 8.77. The normalized spacial score (nSPS) is 20.4. The smallest absolute Gasteiger partial charge is 0.287 e. The molecule has 2 heterocycles. The second kappa shape index (κ2) is 6.53. The van der Waals surface area contributed by atoms with E-state index in [9.17, 15) is 4.79 Å². The Morgan fingerprint density at radius 2 is 2.04 bits per heavy atom. The van der Waals surface area contributed by atoms with E-state index in [0.717, 1.165) is 40.2 Å². The van der Waals surface area contributed by atoms with E-state index in [2.05, 4.69) is 5.32 Å². The van der Waals surface area contributed by atoms with E-state index in [4.69, 9.17) is 14.2 Å². The van der Waals surface area contributed by atoms with Gasteiger partial charge < -0.3 is 24.4 Å². The van der Waals surface area contributed by atoms with Crippen molar-refractivity contribution in [3.05, 3.63) is 47.0 Å². The van der Waals surface area contributed by atoms with E-state index in [1.165, 1.54) is 0 Å². The summed E-state index contributed by atoms with van der Waals surface area (Å²) >= 11 is 0. The topological polar surface area (TPSA) is 61.2 Å². The van der Waals surface area contributed by atoms with Crippen LogP contribution in [0.2, 0.25) is 0 Å². The quantitative estimate of drug-likeness (QED) is 0.876. The van der Waals surface area contributed by atoms with Crippen LogP contribution in [0.25, 0.3) is 0 Å². The number of hydrogen-bond donors (Lipinski definition) is 2. The van der Waals surface area contributed by atoms with E-state index >= 15 is 0 Å². The highest BCUT2D eigenvalue weighted by atomic mass is 16.7. The highest BCUT2D eigenvalue weighted by molar-refractivity contribution is 5.95. The molecule has 2 aromatic rings. The fraction of sp³-hybridized carbons (Fsp3) is 0.350. The lowest BCUT2D eigenvalue weighted by atomic mass is 9.90. The van der Waals surface area contributed by atoms with Crippen LogP contribution in [-0.2, 0) is 11.2 Å². The van der Waals surface area contributed by atoms with Crippen LogP contribution in [0.15, 0.2) is 30.3 Å². The lowest BCUT2D eigenvalue weighted by Crippen LogP contribution is -3.11. The maximum absolute atomic E-state index is 13.1. The van der Waals surface area contributed by atoms with Crippen molar-refractivity contribution < 1.29 is 23.9 Å². The molecule has 0 radical (unpaired) electrons. The fourth-order valence-corrected chi connectivity index (χ4v) is 3.73. The van der Waals surface area contributed by atoms with Gasteiger partial charge in [-0.1, -0.05) is 17.7 Å². The van der Waals surface area contributed by atoms with Crippen LogP contribution in [-0.4, -0.2) is 33.4 Å². The molecule has 0 spiro atoms. The standard InChI is InChI=1S/C20H22N2O4/c1-12-4-6-14(7-5-12)21-20(23)17-16-13(8-9-22(17)2)10-15-18(19(16)24-3)26-11-25-15/h4-7,10,17H,8-9,11H2,1-3H3,(H,21,23)/p+1/t17-/m0/s1. The monoisotopic (exact) mass is 355 g/mol. The van der Waals surface area contributed by atoms with Crippen molar-refractivity contribution in [3.63, 3.8) is 0 Å². The Kier molecular flexibility index (Phi) is 4.20. The molecule has 0 fully saturated rings. The first-order valence-electron chi connectivity index (χ1n) is 8.77. The molecule has 1 amide bonds. The number of amides is 1. The predicted molar refractivity (Wildman–Crippen MR) is 97.1 cm³/mol. The SMILES string of the molecule is COc1c2c(cc3c1[C@@H](C(=O)Nc1ccc(C)cc1)[NH+](C)CC3)OCO2. The van der Waals surface area contributed by atoms with Crippen LogP contribution < -0.4 is 24.4 Å². The Hall–Kier alpha value is -2.73. The Bertz CT molecular complexity index is 848. The number of carbonyl (C=O) groups excluding carboxylic acids is 1. The third kappa shape index (κ3) is 2.76. The molecule has 26 heavy (non-hydrogen) atoms. The second-order valence-electron chi connectivity index (χ2n) is 6.85. The predicted octanol–water partition coefficient (Wildman–Crippen LogP) is 1.48. The average Bonchev–Trinajstić information content (AvgIpc) is 3.10. The summed E-state index contributed by atoms with van der Waals surface area (Å²) in [6, 6.07) is 9.43. The third-order valence-corrected chi connectivity index (χ3v) is 5.10. The minimum absolute atomic E-state index is 0.0514. The van der Waals surface area contributed by atoms with E-state index < -0.39 is 0 Å². The number of anilines is 1. The number of rotatable bonds is 3. The van der Waals surface area contributed by atoms with Gasteiger partial charge in [-0.2, -0.15) is 0 Å². The maximum Gasteiger partial charge on any atom is 0.287 e. The number of fused-ring (bicyclic) bond motifs is 2. The van der Waals surface area contributed by atoms with E-state index in [1.54, 1.807) is 7.11 Å². The van der Waals surface area contributed by atoms with Crippen molar-refractivity contribution in [2.24, 2.45) is 0 Å². The highest BCUT2D eigenvalue weighted by Gasteiger charge is 2.40. The van der Waals surface area contributed by atoms with Crippen molar-refractivity contribution in [3.8, 4) is 17.2 Å². The molecule has 4 rings (SSSR count). The van der Waals surface area contributed by atoms with Crippen LogP contribution in [0.4, 0.5) is 5.69 Å². The number of benzene rings is 2. The van der Waals surface area contributed by atoms with Gasteiger partial charge in [0, 0.05) is 12.1 Å². The molecule has 2 aliphatic heterocycles. The van der Waals surface area contributed by atoms with E-state index in [0.29, 0.717) is 17.2 Å². The molecule has 1 unspecified atom stereocenters. The summed E-state index contributed by atoms with van der Waals surface area (Å²) in [7, 11) is 3.64. The molecule has 2 aromatic carbocycles. The number of likely N-dealkylation sites (N-methyl/N-ethyl adjacent to an activating group) is 1. The largest absolute Gasteiger partial charge is 0.492 e. The van der Waals surface area contributed by atoms with Gasteiger partial charge >= 0.3 is 0 Å². The van der Waals surface area contributed by atoms with Crippen LogP contribution in [0, 0.1) is 6.92 Å². The summed E-state index contributed by atoms with van der Waals surface area (Å²) in [5.41, 5.74) is 3.93. The molecule has 0 aliphatic carbocycles. The molecule has 0 saturated heterocycles. The minimum Gasteiger partial charge on any atom is -0.492 e. The van der Waals surface area contributed by atoms with Crippen molar-refractivity contribution in [2.75, 3.05) is 32.8 Å². The molecule has 136 valence electrons. The van der Waals surface area contributed by atoms with Crippen LogP contribution in [0.5, 0.6) is 17.2 Å². The minimum atomic E-state index is -0.371. The number of quaternary nitrogens is 1. The number of aryl methyl sites for hydroxylation is 1. The average molecular weight is 355 g/mol. The molecular formula is C20H23N2O4+. The van der Waals surface area contributed by atoms with Crippen molar-refractivity contribution in [2.45, 2.75) is 19.4 Å². The van der Waals surface area contributed by atoms with Crippen molar-refractivity contribution in [1.82, 2.24) is 0 Å². The van der Waals surface area contributed by atoms with Gasteiger partial charge in [0.15, 0.2) is 17.5 Å². The number of methoxy groups -OCH3 is 1. The fourth-order valence-electron chi connectivity index (χ4n) is 3.73. The van der Waals surface area contributed by atoms with Gasteiger partial charge in [-0.25, -0.2) is 0 Å².